The quantitative estimate of drug-likeness (QED) is 0.328. The fourth-order valence-electron chi connectivity index (χ4n) is 2.88. The van der Waals surface area contributed by atoms with Gasteiger partial charge in [-0.1, -0.05) is 24.3 Å². The van der Waals surface area contributed by atoms with Crippen molar-refractivity contribution in [2.24, 2.45) is 0 Å². The molecule has 7 nitrogen and oxygen atoms in total. The highest BCUT2D eigenvalue weighted by molar-refractivity contribution is 5.98. The van der Waals surface area contributed by atoms with E-state index >= 15 is 0 Å². The van der Waals surface area contributed by atoms with Gasteiger partial charge in [0, 0.05) is 11.6 Å². The molecule has 0 amide bonds. The Kier molecular flexibility index (Phi) is 5.26. The molecule has 1 aliphatic rings. The number of ether oxygens (including phenoxy) is 2. The fourth-order valence-corrected chi connectivity index (χ4v) is 2.88. The van der Waals surface area contributed by atoms with Gasteiger partial charge in [-0.15, -0.1) is 0 Å². The Bertz CT molecular complexity index is 861. The molecule has 0 spiro atoms. The van der Waals surface area contributed by atoms with Gasteiger partial charge in [0.05, 0.1) is 4.92 Å². The first kappa shape index (κ1) is 17.6. The number of aryl methyl sites for hydroxylation is 2. The number of benzene rings is 2. The van der Waals surface area contributed by atoms with Gasteiger partial charge in [-0.25, -0.2) is 4.79 Å². The summed E-state index contributed by atoms with van der Waals surface area (Å²) in [5.41, 5.74) is 2.70. The van der Waals surface area contributed by atoms with Crippen LogP contribution in [0.2, 0.25) is 0 Å². The molecule has 0 aliphatic heterocycles. The Hall–Kier alpha value is -3.22. The number of Topliss-reactive ketones (excluding diaryl/α,β-unsaturated/α-hetero) is 1. The highest BCUT2D eigenvalue weighted by Gasteiger charge is 2.17. The van der Waals surface area contributed by atoms with Crippen molar-refractivity contribution in [3.8, 4) is 5.75 Å². The summed E-state index contributed by atoms with van der Waals surface area (Å²) in [4.78, 5) is 34.2. The van der Waals surface area contributed by atoms with Crippen molar-refractivity contribution < 1.29 is 24.0 Å². The van der Waals surface area contributed by atoms with Gasteiger partial charge in [-0.05, 0) is 42.5 Å². The largest absolute Gasteiger partial charge is 0.475 e. The minimum Gasteiger partial charge on any atom is -0.475 e. The van der Waals surface area contributed by atoms with Crippen molar-refractivity contribution in [1.29, 1.82) is 0 Å². The molecule has 1 aliphatic carbocycles. The Morgan fingerprint density at radius 1 is 1.04 bits per heavy atom. The molecule has 0 heterocycles. The van der Waals surface area contributed by atoms with Crippen LogP contribution < -0.4 is 4.74 Å². The molecule has 0 radical (unpaired) electrons. The lowest BCUT2D eigenvalue weighted by Crippen LogP contribution is -2.19. The minimum atomic E-state index is -0.766. The van der Waals surface area contributed by atoms with Crippen molar-refractivity contribution >= 4 is 17.4 Å². The Morgan fingerprint density at radius 3 is 2.62 bits per heavy atom. The van der Waals surface area contributed by atoms with E-state index in [0.29, 0.717) is 5.56 Å². The molecule has 0 atom stereocenters. The number of para-hydroxylation sites is 2. The second-order valence-electron chi connectivity index (χ2n) is 5.93. The lowest BCUT2D eigenvalue weighted by Gasteiger charge is -2.08. The molecule has 0 unspecified atom stereocenters. The highest BCUT2D eigenvalue weighted by atomic mass is 16.6. The third kappa shape index (κ3) is 4.05. The molecule has 2 aromatic rings. The number of ketones is 1. The standard InChI is InChI=1S/C19H17NO6/c21-17(15-9-8-13-4-3-5-14(13)10-15)11-26-19(22)12-25-18-7-2-1-6-16(18)20(23)24/h1-2,6-10H,3-5,11-12H2. The van der Waals surface area contributed by atoms with Crippen molar-refractivity contribution in [2.45, 2.75) is 19.3 Å². The lowest BCUT2D eigenvalue weighted by atomic mass is 10.0. The van der Waals surface area contributed by atoms with Crippen LogP contribution in [-0.2, 0) is 22.4 Å². The Labute approximate surface area is 149 Å². The van der Waals surface area contributed by atoms with Gasteiger partial charge in [0.25, 0.3) is 0 Å². The number of nitrogens with zero attached hydrogens (tertiary/aromatic N) is 1. The van der Waals surface area contributed by atoms with E-state index in [4.69, 9.17) is 9.47 Å². The fraction of sp³-hybridized carbons (Fsp3) is 0.263. The second-order valence-corrected chi connectivity index (χ2v) is 5.93. The molecule has 0 fully saturated rings. The SMILES string of the molecule is O=C(COc1ccccc1[N+](=O)[O-])OCC(=O)c1ccc2c(c1)CCC2. The summed E-state index contributed by atoms with van der Waals surface area (Å²) in [6, 6.07) is 11.3. The van der Waals surface area contributed by atoms with E-state index < -0.39 is 24.1 Å². The average Bonchev–Trinajstić information content (AvgIpc) is 3.12. The molecule has 0 aromatic heterocycles. The van der Waals surface area contributed by atoms with Crippen LogP contribution in [0.3, 0.4) is 0 Å². The van der Waals surface area contributed by atoms with Crippen LogP contribution in [0.1, 0.15) is 27.9 Å². The van der Waals surface area contributed by atoms with E-state index in [9.17, 15) is 19.7 Å². The maximum absolute atomic E-state index is 12.2. The predicted molar refractivity (Wildman–Crippen MR) is 92.3 cm³/mol. The van der Waals surface area contributed by atoms with Gasteiger partial charge >= 0.3 is 11.7 Å². The second kappa shape index (κ2) is 7.77. The van der Waals surface area contributed by atoms with Gasteiger partial charge in [0.1, 0.15) is 0 Å². The topological polar surface area (TPSA) is 95.7 Å². The van der Waals surface area contributed by atoms with Crippen molar-refractivity contribution in [1.82, 2.24) is 0 Å². The monoisotopic (exact) mass is 355 g/mol. The summed E-state index contributed by atoms with van der Waals surface area (Å²) in [5.74, 6) is -1.09. The molecule has 0 N–H and O–H groups in total. The Balaban J connectivity index is 1.51. The number of hydrogen-bond donors (Lipinski definition) is 0. The van der Waals surface area contributed by atoms with E-state index in [1.165, 1.54) is 29.3 Å². The summed E-state index contributed by atoms with van der Waals surface area (Å²) in [5, 5.41) is 10.9. The number of carbonyl (C=O) groups excluding carboxylic acids is 2. The Morgan fingerprint density at radius 2 is 1.81 bits per heavy atom. The number of nitro benzene ring substituents is 1. The molecule has 26 heavy (non-hydrogen) atoms. The van der Waals surface area contributed by atoms with Gasteiger partial charge in [-0.2, -0.15) is 0 Å². The van der Waals surface area contributed by atoms with E-state index in [1.807, 2.05) is 12.1 Å². The third-order valence-corrected chi connectivity index (χ3v) is 4.19. The molecular weight excluding hydrogens is 338 g/mol. The lowest BCUT2D eigenvalue weighted by molar-refractivity contribution is -0.385. The molecule has 7 heteroatoms. The van der Waals surface area contributed by atoms with Crippen LogP contribution in [-0.4, -0.2) is 29.9 Å². The van der Waals surface area contributed by atoms with Crippen molar-refractivity contribution in [3.63, 3.8) is 0 Å². The summed E-state index contributed by atoms with van der Waals surface area (Å²) < 4.78 is 10.0. The van der Waals surface area contributed by atoms with E-state index in [0.717, 1.165) is 19.3 Å². The molecule has 134 valence electrons. The number of hydrogen-bond acceptors (Lipinski definition) is 6. The number of carbonyl (C=O) groups is 2. The van der Waals surface area contributed by atoms with Crippen molar-refractivity contribution in [2.75, 3.05) is 13.2 Å². The smallest absolute Gasteiger partial charge is 0.344 e. The average molecular weight is 355 g/mol. The van der Waals surface area contributed by atoms with Crippen LogP contribution in [0.15, 0.2) is 42.5 Å². The zero-order valence-corrected chi connectivity index (χ0v) is 14.0. The minimum absolute atomic E-state index is 0.0283. The maximum atomic E-state index is 12.2. The molecule has 2 aromatic carbocycles. The first-order chi connectivity index (χ1) is 12.5. The van der Waals surface area contributed by atoms with Gasteiger partial charge in [0.15, 0.2) is 24.7 Å². The van der Waals surface area contributed by atoms with Crippen LogP contribution in [0.5, 0.6) is 5.75 Å². The summed E-state index contributed by atoms with van der Waals surface area (Å²) in [6.07, 6.45) is 3.08. The zero-order valence-electron chi connectivity index (χ0n) is 14.0. The third-order valence-electron chi connectivity index (χ3n) is 4.19. The van der Waals surface area contributed by atoms with Crippen LogP contribution in [0.4, 0.5) is 5.69 Å². The van der Waals surface area contributed by atoms with E-state index in [1.54, 1.807) is 12.1 Å². The van der Waals surface area contributed by atoms with E-state index in [-0.39, 0.29) is 17.2 Å². The van der Waals surface area contributed by atoms with Gasteiger partial charge < -0.3 is 9.47 Å². The first-order valence-corrected chi connectivity index (χ1v) is 8.21. The number of esters is 1. The molecular formula is C19H17NO6. The number of rotatable bonds is 7. The number of nitro groups is 1. The molecule has 3 rings (SSSR count). The summed E-state index contributed by atoms with van der Waals surface area (Å²) >= 11 is 0. The normalized spacial score (nSPS) is 12.3. The summed E-state index contributed by atoms with van der Waals surface area (Å²) in [7, 11) is 0. The molecule has 0 saturated carbocycles. The van der Waals surface area contributed by atoms with Crippen molar-refractivity contribution in [3.05, 3.63) is 69.3 Å². The first-order valence-electron chi connectivity index (χ1n) is 8.21. The van der Waals surface area contributed by atoms with Crippen LogP contribution in [0.25, 0.3) is 0 Å². The van der Waals surface area contributed by atoms with Crippen LogP contribution >= 0.6 is 0 Å². The van der Waals surface area contributed by atoms with Gasteiger partial charge in [0.2, 0.25) is 0 Å². The maximum Gasteiger partial charge on any atom is 0.344 e. The number of fused-ring (bicyclic) bond motifs is 1. The molecule has 0 bridgehead atoms. The van der Waals surface area contributed by atoms with Gasteiger partial charge in [-0.3, -0.25) is 14.9 Å². The van der Waals surface area contributed by atoms with Crippen LogP contribution in [0, 0.1) is 10.1 Å². The predicted octanol–water partition coefficient (Wildman–Crippen LogP) is 2.89. The van der Waals surface area contributed by atoms with E-state index in [2.05, 4.69) is 0 Å². The zero-order chi connectivity index (χ0) is 18.5. The molecule has 0 saturated heterocycles. The highest BCUT2D eigenvalue weighted by Crippen LogP contribution is 2.26. The summed E-state index contributed by atoms with van der Waals surface area (Å²) in [6.45, 7) is -0.903.